The molecule has 2 unspecified atom stereocenters. The van der Waals surface area contributed by atoms with Gasteiger partial charge in [-0.15, -0.1) is 0 Å². The Morgan fingerprint density at radius 1 is 1.12 bits per heavy atom. The van der Waals surface area contributed by atoms with Gasteiger partial charge in [0.05, 0.1) is 34.0 Å². The maximum atomic E-state index is 14.0. The van der Waals surface area contributed by atoms with Gasteiger partial charge in [-0.2, -0.15) is 5.10 Å². The van der Waals surface area contributed by atoms with Crippen LogP contribution in [0.15, 0.2) is 42.7 Å². The molecule has 4 heterocycles. The summed E-state index contributed by atoms with van der Waals surface area (Å²) < 4.78 is 43.0. The van der Waals surface area contributed by atoms with Gasteiger partial charge in [0, 0.05) is 36.6 Å². The monoisotopic (exact) mass is 465 g/mol. The number of aromatic nitrogens is 4. The van der Waals surface area contributed by atoms with Crippen LogP contribution in [-0.4, -0.2) is 36.6 Å². The SMILES string of the molecule is CCC1c2nn(C)c(-c3cc(F)c(F)c(F)c3)c2CC(C)N1C(=O)c1cnc2cccnc2c1. The van der Waals surface area contributed by atoms with Crippen LogP contribution in [0.25, 0.3) is 22.3 Å². The number of amides is 1. The van der Waals surface area contributed by atoms with Gasteiger partial charge in [-0.05, 0) is 50.1 Å². The van der Waals surface area contributed by atoms with Gasteiger partial charge in [-0.25, -0.2) is 13.2 Å². The summed E-state index contributed by atoms with van der Waals surface area (Å²) in [6.45, 7) is 3.89. The molecule has 2 atom stereocenters. The molecule has 0 spiro atoms. The minimum atomic E-state index is -1.50. The third-order valence-corrected chi connectivity index (χ3v) is 6.38. The lowest BCUT2D eigenvalue weighted by molar-refractivity contribution is 0.0544. The minimum Gasteiger partial charge on any atom is -0.327 e. The van der Waals surface area contributed by atoms with Crippen molar-refractivity contribution < 1.29 is 18.0 Å². The second kappa shape index (κ2) is 8.23. The van der Waals surface area contributed by atoms with Gasteiger partial charge in [-0.3, -0.25) is 19.4 Å². The number of benzene rings is 1. The largest absolute Gasteiger partial charge is 0.327 e. The highest BCUT2D eigenvalue weighted by Gasteiger charge is 2.39. The number of aryl methyl sites for hydroxylation is 1. The Labute approximate surface area is 194 Å². The molecule has 0 saturated carbocycles. The number of fused-ring (bicyclic) bond motifs is 2. The molecule has 6 nitrogen and oxygen atoms in total. The van der Waals surface area contributed by atoms with Gasteiger partial charge < -0.3 is 4.90 Å². The lowest BCUT2D eigenvalue weighted by Gasteiger charge is -2.40. The molecule has 1 aromatic carbocycles. The highest BCUT2D eigenvalue weighted by atomic mass is 19.2. The molecule has 0 N–H and O–H groups in total. The zero-order chi connectivity index (χ0) is 24.1. The summed E-state index contributed by atoms with van der Waals surface area (Å²) in [5.74, 6) is -4.20. The topological polar surface area (TPSA) is 63.9 Å². The van der Waals surface area contributed by atoms with Crippen LogP contribution in [0, 0.1) is 17.5 Å². The van der Waals surface area contributed by atoms with Crippen molar-refractivity contribution in [3.63, 3.8) is 0 Å². The normalized spacial score (nSPS) is 17.8. The average Bonchev–Trinajstić information content (AvgIpc) is 3.15. The highest BCUT2D eigenvalue weighted by molar-refractivity contribution is 5.97. The molecule has 34 heavy (non-hydrogen) atoms. The number of pyridine rings is 2. The summed E-state index contributed by atoms with van der Waals surface area (Å²) >= 11 is 0. The summed E-state index contributed by atoms with van der Waals surface area (Å²) in [5, 5.41) is 4.63. The summed E-state index contributed by atoms with van der Waals surface area (Å²) in [7, 11) is 1.68. The molecule has 0 bridgehead atoms. The second-order valence-electron chi connectivity index (χ2n) is 8.55. The first-order valence-electron chi connectivity index (χ1n) is 11.0. The fourth-order valence-corrected chi connectivity index (χ4v) is 4.89. The lowest BCUT2D eigenvalue weighted by Crippen LogP contribution is -2.45. The highest BCUT2D eigenvalue weighted by Crippen LogP contribution is 2.40. The number of halogens is 3. The summed E-state index contributed by atoms with van der Waals surface area (Å²) in [6, 6.07) is 6.74. The number of hydrogen-bond donors (Lipinski definition) is 0. The van der Waals surface area contributed by atoms with E-state index < -0.39 is 17.5 Å². The van der Waals surface area contributed by atoms with Crippen LogP contribution in [0.2, 0.25) is 0 Å². The maximum Gasteiger partial charge on any atom is 0.256 e. The third kappa shape index (κ3) is 3.43. The molecule has 0 fully saturated rings. The van der Waals surface area contributed by atoms with Crippen LogP contribution in [0.4, 0.5) is 13.2 Å². The molecular weight excluding hydrogens is 443 g/mol. The molecule has 0 saturated heterocycles. The molecule has 0 aliphatic carbocycles. The maximum absolute atomic E-state index is 14.0. The molecule has 1 aliphatic heterocycles. The van der Waals surface area contributed by atoms with E-state index in [9.17, 15) is 18.0 Å². The van der Waals surface area contributed by atoms with Gasteiger partial charge in [0.25, 0.3) is 5.91 Å². The molecule has 5 rings (SSSR count). The van der Waals surface area contributed by atoms with Crippen LogP contribution >= 0.6 is 0 Å². The molecule has 9 heteroatoms. The van der Waals surface area contributed by atoms with Crippen LogP contribution in [0.1, 0.15) is 47.9 Å². The van der Waals surface area contributed by atoms with Gasteiger partial charge >= 0.3 is 0 Å². The Bertz CT molecular complexity index is 1410. The van der Waals surface area contributed by atoms with Crippen molar-refractivity contribution in [2.45, 2.75) is 38.8 Å². The van der Waals surface area contributed by atoms with Crippen molar-refractivity contribution in [2.24, 2.45) is 7.05 Å². The van der Waals surface area contributed by atoms with Crippen molar-refractivity contribution in [1.29, 1.82) is 0 Å². The molecule has 1 amide bonds. The average molecular weight is 465 g/mol. The van der Waals surface area contributed by atoms with E-state index in [1.807, 2.05) is 19.9 Å². The first kappa shape index (κ1) is 22.1. The number of carbonyl (C=O) groups excluding carboxylic acids is 1. The van der Waals surface area contributed by atoms with Crippen LogP contribution in [0.3, 0.4) is 0 Å². The van der Waals surface area contributed by atoms with Gasteiger partial charge in [0.1, 0.15) is 0 Å². The summed E-state index contributed by atoms with van der Waals surface area (Å²) in [4.78, 5) is 24.1. The van der Waals surface area contributed by atoms with E-state index in [0.717, 1.165) is 17.7 Å². The van der Waals surface area contributed by atoms with E-state index in [0.29, 0.717) is 40.8 Å². The van der Waals surface area contributed by atoms with E-state index in [4.69, 9.17) is 0 Å². The fraction of sp³-hybridized carbons (Fsp3) is 0.280. The Hall–Kier alpha value is -3.75. The van der Waals surface area contributed by atoms with E-state index in [1.165, 1.54) is 0 Å². The number of hydrogen-bond acceptors (Lipinski definition) is 4. The summed E-state index contributed by atoms with van der Waals surface area (Å²) in [6.07, 6.45) is 4.22. The Morgan fingerprint density at radius 2 is 1.85 bits per heavy atom. The van der Waals surface area contributed by atoms with E-state index >= 15 is 0 Å². The minimum absolute atomic E-state index is 0.184. The van der Waals surface area contributed by atoms with Crippen LogP contribution in [-0.2, 0) is 13.5 Å². The molecule has 174 valence electrons. The Balaban J connectivity index is 1.58. The molecule has 1 aliphatic rings. The first-order chi connectivity index (χ1) is 16.3. The zero-order valence-electron chi connectivity index (χ0n) is 18.9. The van der Waals surface area contributed by atoms with Crippen molar-refractivity contribution >= 4 is 16.9 Å². The predicted molar refractivity (Wildman–Crippen MR) is 120 cm³/mol. The molecule has 0 radical (unpaired) electrons. The van der Waals surface area contributed by atoms with Gasteiger partial charge in [0.15, 0.2) is 17.5 Å². The van der Waals surface area contributed by atoms with E-state index in [-0.39, 0.29) is 23.6 Å². The van der Waals surface area contributed by atoms with Crippen molar-refractivity contribution in [2.75, 3.05) is 0 Å². The van der Waals surface area contributed by atoms with E-state index in [2.05, 4.69) is 15.1 Å². The van der Waals surface area contributed by atoms with Gasteiger partial charge in [0.2, 0.25) is 0 Å². The Morgan fingerprint density at radius 3 is 2.56 bits per heavy atom. The number of nitrogens with zero attached hydrogens (tertiary/aromatic N) is 5. The van der Waals surface area contributed by atoms with Crippen molar-refractivity contribution in [3.05, 3.63) is 77.0 Å². The second-order valence-corrected chi connectivity index (χ2v) is 8.55. The predicted octanol–water partition coefficient (Wildman–Crippen LogP) is 4.99. The van der Waals surface area contributed by atoms with Crippen molar-refractivity contribution in [1.82, 2.24) is 24.6 Å². The molecule has 4 aromatic rings. The van der Waals surface area contributed by atoms with Crippen LogP contribution in [0.5, 0.6) is 0 Å². The lowest BCUT2D eigenvalue weighted by atomic mass is 9.89. The molecule has 3 aromatic heterocycles. The van der Waals surface area contributed by atoms with E-state index in [1.54, 1.807) is 41.2 Å². The third-order valence-electron chi connectivity index (χ3n) is 6.38. The standard InChI is InChI=1S/C25H22F3N5O/c1-4-21-23-16(24(32(3)31-23)14-9-17(26)22(28)18(27)10-14)8-13(2)33(21)25(34)15-11-20-19(30-12-15)6-5-7-29-20/h5-7,9-13,21H,4,8H2,1-3H3. The van der Waals surface area contributed by atoms with Crippen molar-refractivity contribution in [3.8, 4) is 11.3 Å². The van der Waals surface area contributed by atoms with Gasteiger partial charge in [-0.1, -0.05) is 6.92 Å². The quantitative estimate of drug-likeness (QED) is 0.400. The molecular formula is C25H22F3N5O. The first-order valence-corrected chi connectivity index (χ1v) is 11.0. The van der Waals surface area contributed by atoms with Crippen LogP contribution < -0.4 is 0 Å². The smallest absolute Gasteiger partial charge is 0.256 e. The Kier molecular flexibility index (Phi) is 5.34. The summed E-state index contributed by atoms with van der Waals surface area (Å²) in [5.41, 5.74) is 3.96. The number of rotatable bonds is 3. The fourth-order valence-electron chi connectivity index (χ4n) is 4.89. The zero-order valence-corrected chi connectivity index (χ0v) is 18.9. The number of carbonyl (C=O) groups is 1.